The van der Waals surface area contributed by atoms with E-state index in [1.807, 2.05) is 73.7 Å². The van der Waals surface area contributed by atoms with Crippen molar-refractivity contribution in [1.29, 1.82) is 0 Å². The van der Waals surface area contributed by atoms with Gasteiger partial charge in [-0.05, 0) is 36.1 Å². The van der Waals surface area contributed by atoms with Gasteiger partial charge in [-0.3, -0.25) is 14.5 Å². The van der Waals surface area contributed by atoms with Crippen molar-refractivity contribution in [1.82, 2.24) is 4.90 Å². The quantitative estimate of drug-likeness (QED) is 0.465. The number of nitrogens with zero attached hydrogens (tertiary/aromatic N) is 1. The van der Waals surface area contributed by atoms with Gasteiger partial charge in [-0.15, -0.1) is 0 Å². The van der Waals surface area contributed by atoms with Crippen LogP contribution in [0.3, 0.4) is 0 Å². The summed E-state index contributed by atoms with van der Waals surface area (Å²) in [6, 6.07) is 24.9. The number of aryl methyl sites for hydroxylation is 1. The molecule has 0 saturated heterocycles. The maximum atomic E-state index is 13.4. The number of fused-ring (bicyclic) bond motifs is 1. The highest BCUT2D eigenvalue weighted by Gasteiger charge is 2.39. The Labute approximate surface area is 179 Å². The van der Waals surface area contributed by atoms with Gasteiger partial charge in [0.25, 0.3) is 11.8 Å². The normalized spacial score (nSPS) is 14.0. The summed E-state index contributed by atoms with van der Waals surface area (Å²) in [7, 11) is 0. The van der Waals surface area contributed by atoms with Crippen LogP contribution in [0, 0.1) is 6.92 Å². The molecule has 0 saturated carbocycles. The van der Waals surface area contributed by atoms with Crippen molar-refractivity contribution in [3.05, 3.63) is 108 Å². The van der Waals surface area contributed by atoms with Crippen molar-refractivity contribution in [3.8, 4) is 0 Å². The fourth-order valence-electron chi connectivity index (χ4n) is 3.85. The molecule has 0 bridgehead atoms. The molecule has 1 N–H and O–H groups in total. The molecule has 2 heterocycles. The van der Waals surface area contributed by atoms with E-state index in [9.17, 15) is 9.59 Å². The summed E-state index contributed by atoms with van der Waals surface area (Å²) in [5.74, 6) is -0.158. The molecule has 0 spiro atoms. The van der Waals surface area contributed by atoms with Gasteiger partial charge in [0.15, 0.2) is 0 Å². The molecule has 0 aliphatic carbocycles. The van der Waals surface area contributed by atoms with Crippen LogP contribution in [0.5, 0.6) is 0 Å². The van der Waals surface area contributed by atoms with Gasteiger partial charge < -0.3 is 9.73 Å². The Kier molecular flexibility index (Phi) is 4.64. The predicted octanol–water partition coefficient (Wildman–Crippen LogP) is 5.13. The van der Waals surface area contributed by atoms with Crippen molar-refractivity contribution in [2.75, 3.05) is 5.32 Å². The molecule has 4 aromatic rings. The van der Waals surface area contributed by atoms with E-state index >= 15 is 0 Å². The van der Waals surface area contributed by atoms with Gasteiger partial charge in [-0.25, -0.2) is 0 Å². The van der Waals surface area contributed by atoms with Crippen LogP contribution in [-0.4, -0.2) is 16.7 Å². The predicted molar refractivity (Wildman–Crippen MR) is 120 cm³/mol. The molecule has 5 nitrogen and oxygen atoms in total. The van der Waals surface area contributed by atoms with Crippen molar-refractivity contribution in [3.63, 3.8) is 0 Å². The number of carbonyl (C=O) groups is 2. The van der Waals surface area contributed by atoms with Crippen LogP contribution in [0.4, 0.5) is 5.69 Å². The molecule has 3 aromatic carbocycles. The number of rotatable bonds is 5. The van der Waals surface area contributed by atoms with Gasteiger partial charge in [0, 0.05) is 11.1 Å². The molecule has 0 atom stereocenters. The minimum absolute atomic E-state index is 0.0841. The Morgan fingerprint density at radius 2 is 1.61 bits per heavy atom. The molecular formula is C26H20N2O3. The van der Waals surface area contributed by atoms with Gasteiger partial charge in [0.1, 0.15) is 11.5 Å². The van der Waals surface area contributed by atoms with Crippen molar-refractivity contribution in [2.45, 2.75) is 13.5 Å². The Bertz CT molecular complexity index is 1310. The molecule has 5 rings (SSSR count). The number of anilines is 1. The Hall–Kier alpha value is -4.12. The second-order valence-corrected chi connectivity index (χ2v) is 7.54. The van der Waals surface area contributed by atoms with E-state index in [1.54, 1.807) is 12.1 Å². The summed E-state index contributed by atoms with van der Waals surface area (Å²) in [5, 5.41) is 5.30. The smallest absolute Gasteiger partial charge is 0.278 e. The van der Waals surface area contributed by atoms with Gasteiger partial charge in [0.2, 0.25) is 0 Å². The molecular weight excluding hydrogens is 388 g/mol. The zero-order valence-corrected chi connectivity index (χ0v) is 17.0. The summed E-state index contributed by atoms with van der Waals surface area (Å²) in [4.78, 5) is 28.0. The standard InChI is InChI=1S/C26H20N2O3/c1-17-11-13-19(14-12-17)23-24(26(30)28(25(23)29)16-20-8-5-15-31-20)27-22-10-4-7-18-6-2-3-9-21(18)22/h2-15,27H,16H2,1H3. The van der Waals surface area contributed by atoms with Crippen molar-refractivity contribution in [2.24, 2.45) is 0 Å². The number of imide groups is 1. The second kappa shape index (κ2) is 7.61. The van der Waals surface area contributed by atoms with Gasteiger partial charge in [0.05, 0.1) is 18.4 Å². The maximum absolute atomic E-state index is 13.4. The number of furan rings is 1. The van der Waals surface area contributed by atoms with E-state index in [-0.39, 0.29) is 24.1 Å². The molecule has 152 valence electrons. The molecule has 0 fully saturated rings. The minimum Gasteiger partial charge on any atom is -0.467 e. The third kappa shape index (κ3) is 3.40. The zero-order valence-electron chi connectivity index (χ0n) is 17.0. The van der Waals surface area contributed by atoms with Crippen LogP contribution in [0.2, 0.25) is 0 Å². The lowest BCUT2D eigenvalue weighted by atomic mass is 10.0. The van der Waals surface area contributed by atoms with Crippen LogP contribution >= 0.6 is 0 Å². The molecule has 2 amide bonds. The van der Waals surface area contributed by atoms with E-state index in [0.29, 0.717) is 16.9 Å². The third-order valence-corrected chi connectivity index (χ3v) is 5.45. The summed E-state index contributed by atoms with van der Waals surface area (Å²) in [5.41, 5.74) is 3.20. The maximum Gasteiger partial charge on any atom is 0.278 e. The van der Waals surface area contributed by atoms with E-state index < -0.39 is 0 Å². The van der Waals surface area contributed by atoms with Crippen LogP contribution in [0.1, 0.15) is 16.9 Å². The van der Waals surface area contributed by atoms with E-state index in [4.69, 9.17) is 4.42 Å². The first-order valence-corrected chi connectivity index (χ1v) is 10.1. The number of hydrogen-bond donors (Lipinski definition) is 1. The molecule has 31 heavy (non-hydrogen) atoms. The molecule has 1 aromatic heterocycles. The van der Waals surface area contributed by atoms with E-state index in [0.717, 1.165) is 22.0 Å². The average molecular weight is 408 g/mol. The molecule has 1 aliphatic rings. The fraction of sp³-hybridized carbons (Fsp3) is 0.0769. The van der Waals surface area contributed by atoms with E-state index in [1.165, 1.54) is 11.2 Å². The Morgan fingerprint density at radius 3 is 2.39 bits per heavy atom. The SMILES string of the molecule is Cc1ccc(C2=C(Nc3cccc4ccccc34)C(=O)N(Cc3ccco3)C2=O)cc1. The molecule has 0 unspecified atom stereocenters. The molecule has 0 radical (unpaired) electrons. The second-order valence-electron chi connectivity index (χ2n) is 7.54. The largest absolute Gasteiger partial charge is 0.467 e. The first-order chi connectivity index (χ1) is 15.1. The first kappa shape index (κ1) is 18.9. The number of nitrogens with one attached hydrogen (secondary N) is 1. The van der Waals surface area contributed by atoms with Crippen molar-refractivity contribution < 1.29 is 14.0 Å². The molecule has 1 aliphatic heterocycles. The summed E-state index contributed by atoms with van der Waals surface area (Å²) >= 11 is 0. The van der Waals surface area contributed by atoms with Crippen LogP contribution in [0.15, 0.2) is 95.2 Å². The summed E-state index contributed by atoms with van der Waals surface area (Å²) < 4.78 is 5.37. The van der Waals surface area contributed by atoms with Crippen LogP contribution in [-0.2, 0) is 16.1 Å². The Balaban J connectivity index is 1.61. The number of benzene rings is 3. The summed E-state index contributed by atoms with van der Waals surface area (Å²) in [6.45, 7) is 2.07. The van der Waals surface area contributed by atoms with Crippen LogP contribution in [0.25, 0.3) is 16.3 Å². The number of amides is 2. The van der Waals surface area contributed by atoms with Crippen LogP contribution < -0.4 is 5.32 Å². The highest BCUT2D eigenvalue weighted by molar-refractivity contribution is 6.36. The van der Waals surface area contributed by atoms with Gasteiger partial charge >= 0.3 is 0 Å². The third-order valence-electron chi connectivity index (χ3n) is 5.45. The summed E-state index contributed by atoms with van der Waals surface area (Å²) in [6.07, 6.45) is 1.53. The highest BCUT2D eigenvalue weighted by Crippen LogP contribution is 2.33. The first-order valence-electron chi connectivity index (χ1n) is 10.1. The zero-order chi connectivity index (χ0) is 21.4. The van der Waals surface area contributed by atoms with Gasteiger partial charge in [-0.1, -0.05) is 66.2 Å². The fourth-order valence-corrected chi connectivity index (χ4v) is 3.85. The highest BCUT2D eigenvalue weighted by atomic mass is 16.3. The number of carbonyl (C=O) groups excluding carboxylic acids is 2. The lowest BCUT2D eigenvalue weighted by molar-refractivity contribution is -0.137. The van der Waals surface area contributed by atoms with E-state index in [2.05, 4.69) is 5.32 Å². The van der Waals surface area contributed by atoms with Gasteiger partial charge in [-0.2, -0.15) is 0 Å². The molecule has 5 heteroatoms. The topological polar surface area (TPSA) is 62.6 Å². The Morgan fingerprint density at radius 1 is 0.839 bits per heavy atom. The minimum atomic E-state index is -0.370. The number of hydrogen-bond acceptors (Lipinski definition) is 4. The van der Waals surface area contributed by atoms with Crippen molar-refractivity contribution >= 4 is 33.8 Å². The lowest BCUT2D eigenvalue weighted by Crippen LogP contribution is -2.31. The average Bonchev–Trinajstić information content (AvgIpc) is 3.38. The lowest BCUT2D eigenvalue weighted by Gasteiger charge is -2.14. The monoisotopic (exact) mass is 408 g/mol.